The first-order valence-corrected chi connectivity index (χ1v) is 5.00. The Labute approximate surface area is 102 Å². The van der Waals surface area contributed by atoms with Crippen molar-refractivity contribution in [1.29, 1.82) is 0 Å². The topological polar surface area (TPSA) is 63.6 Å². The summed E-state index contributed by atoms with van der Waals surface area (Å²) >= 11 is 11.7. The second-order valence-corrected chi connectivity index (χ2v) is 3.73. The third-order valence-corrected chi connectivity index (χ3v) is 2.71. The Bertz CT molecular complexity index is 443. The number of carboxylic acids is 1. The van der Waals surface area contributed by atoms with Crippen molar-refractivity contribution in [3.8, 4) is 0 Å². The summed E-state index contributed by atoms with van der Waals surface area (Å²) in [6.45, 7) is 0. The maximum absolute atomic E-state index is 11.3. The summed E-state index contributed by atoms with van der Waals surface area (Å²) in [7, 11) is 1.21. The number of methoxy groups -OCH3 is 1. The van der Waals surface area contributed by atoms with Gasteiger partial charge in [0.1, 0.15) is 0 Å². The van der Waals surface area contributed by atoms with Crippen molar-refractivity contribution >= 4 is 35.1 Å². The highest BCUT2D eigenvalue weighted by Crippen LogP contribution is 2.29. The molecule has 0 heterocycles. The number of hydrogen-bond acceptors (Lipinski definition) is 3. The Morgan fingerprint density at radius 1 is 1.38 bits per heavy atom. The number of ether oxygens (including phenoxy) is 1. The standard InChI is InChI=1S/C10H8Cl2O4/c1-16-10(15)5-2-3-7(11)6(9(5)12)4-8(13)14/h2-3H,4H2,1H3,(H,13,14). The van der Waals surface area contributed by atoms with Crippen molar-refractivity contribution in [1.82, 2.24) is 0 Å². The normalized spacial score (nSPS) is 9.94. The van der Waals surface area contributed by atoms with Crippen LogP contribution in [0.5, 0.6) is 0 Å². The van der Waals surface area contributed by atoms with Gasteiger partial charge < -0.3 is 9.84 Å². The molecule has 16 heavy (non-hydrogen) atoms. The van der Waals surface area contributed by atoms with Crippen molar-refractivity contribution in [3.63, 3.8) is 0 Å². The highest BCUT2D eigenvalue weighted by Gasteiger charge is 2.18. The van der Waals surface area contributed by atoms with Gasteiger partial charge in [-0.3, -0.25) is 4.79 Å². The molecule has 0 bridgehead atoms. The van der Waals surface area contributed by atoms with Gasteiger partial charge in [0.25, 0.3) is 0 Å². The van der Waals surface area contributed by atoms with E-state index >= 15 is 0 Å². The second kappa shape index (κ2) is 5.18. The smallest absolute Gasteiger partial charge is 0.339 e. The molecule has 0 aromatic heterocycles. The van der Waals surface area contributed by atoms with E-state index in [1.165, 1.54) is 19.2 Å². The lowest BCUT2D eigenvalue weighted by Gasteiger charge is -2.08. The molecule has 1 aromatic rings. The van der Waals surface area contributed by atoms with Crippen LogP contribution in [0.25, 0.3) is 0 Å². The first kappa shape index (κ1) is 12.8. The molecule has 1 N–H and O–H groups in total. The first-order valence-electron chi connectivity index (χ1n) is 4.24. The number of halogens is 2. The van der Waals surface area contributed by atoms with Crippen LogP contribution < -0.4 is 0 Å². The fourth-order valence-electron chi connectivity index (χ4n) is 1.18. The zero-order valence-electron chi connectivity index (χ0n) is 8.29. The van der Waals surface area contributed by atoms with Crippen LogP contribution in [-0.2, 0) is 16.0 Å². The lowest BCUT2D eigenvalue weighted by molar-refractivity contribution is -0.136. The Morgan fingerprint density at radius 2 is 2.00 bits per heavy atom. The Hall–Kier alpha value is -1.26. The Kier molecular flexibility index (Phi) is 4.15. The molecule has 0 amide bonds. The molecule has 0 aliphatic rings. The van der Waals surface area contributed by atoms with Crippen LogP contribution >= 0.6 is 23.2 Å². The van der Waals surface area contributed by atoms with Gasteiger partial charge in [0.05, 0.1) is 24.1 Å². The predicted molar refractivity (Wildman–Crippen MR) is 59.1 cm³/mol. The van der Waals surface area contributed by atoms with E-state index in [9.17, 15) is 9.59 Å². The van der Waals surface area contributed by atoms with Gasteiger partial charge in [0.15, 0.2) is 0 Å². The van der Waals surface area contributed by atoms with Crippen molar-refractivity contribution in [2.75, 3.05) is 7.11 Å². The molecular weight excluding hydrogens is 255 g/mol. The van der Waals surface area contributed by atoms with Crippen molar-refractivity contribution in [3.05, 3.63) is 33.3 Å². The van der Waals surface area contributed by atoms with Gasteiger partial charge in [-0.15, -0.1) is 0 Å². The molecule has 1 aromatic carbocycles. The largest absolute Gasteiger partial charge is 0.481 e. The van der Waals surface area contributed by atoms with Gasteiger partial charge in [-0.2, -0.15) is 0 Å². The molecule has 1 rings (SSSR count). The molecule has 86 valence electrons. The minimum atomic E-state index is -1.08. The quantitative estimate of drug-likeness (QED) is 0.850. The summed E-state index contributed by atoms with van der Waals surface area (Å²) in [6, 6.07) is 2.81. The van der Waals surface area contributed by atoms with E-state index in [2.05, 4.69) is 4.74 Å². The SMILES string of the molecule is COC(=O)c1ccc(Cl)c(CC(=O)O)c1Cl. The number of esters is 1. The highest BCUT2D eigenvalue weighted by atomic mass is 35.5. The van der Waals surface area contributed by atoms with E-state index in [0.717, 1.165) is 0 Å². The van der Waals surface area contributed by atoms with Crippen LogP contribution in [0.2, 0.25) is 10.0 Å². The number of aliphatic carboxylic acids is 1. The minimum absolute atomic E-state index is 0.0155. The Balaban J connectivity index is 3.26. The van der Waals surface area contributed by atoms with E-state index in [1.807, 2.05) is 0 Å². The van der Waals surface area contributed by atoms with E-state index in [4.69, 9.17) is 28.3 Å². The zero-order chi connectivity index (χ0) is 12.3. The van der Waals surface area contributed by atoms with Crippen LogP contribution in [0.4, 0.5) is 0 Å². The molecule has 0 radical (unpaired) electrons. The average molecular weight is 263 g/mol. The average Bonchev–Trinajstić information content (AvgIpc) is 2.23. The summed E-state index contributed by atoms with van der Waals surface area (Å²) in [5, 5.41) is 8.89. The van der Waals surface area contributed by atoms with Gasteiger partial charge in [-0.05, 0) is 12.1 Å². The fourth-order valence-corrected chi connectivity index (χ4v) is 1.76. The fraction of sp³-hybridized carbons (Fsp3) is 0.200. The van der Waals surface area contributed by atoms with E-state index in [0.29, 0.717) is 0 Å². The van der Waals surface area contributed by atoms with Gasteiger partial charge in [-0.25, -0.2) is 4.79 Å². The number of carbonyl (C=O) groups is 2. The summed E-state index contributed by atoms with van der Waals surface area (Å²) in [4.78, 5) is 21.9. The molecule has 0 saturated carbocycles. The number of rotatable bonds is 3. The second-order valence-electron chi connectivity index (χ2n) is 2.95. The lowest BCUT2D eigenvalue weighted by atomic mass is 10.1. The number of carbonyl (C=O) groups excluding carboxylic acids is 1. The first-order chi connectivity index (χ1) is 7.47. The molecule has 0 aliphatic heterocycles. The molecule has 6 heteroatoms. The summed E-state index contributed by atoms with van der Waals surface area (Å²) in [5.41, 5.74) is 0.309. The maximum Gasteiger partial charge on any atom is 0.339 e. The Morgan fingerprint density at radius 3 is 2.50 bits per heavy atom. The summed E-state index contributed by atoms with van der Waals surface area (Å²) in [6.07, 6.45) is -0.345. The van der Waals surface area contributed by atoms with Gasteiger partial charge >= 0.3 is 11.9 Å². The molecule has 0 atom stereocenters. The molecular formula is C10H8Cl2O4. The third kappa shape index (κ3) is 2.65. The van der Waals surface area contributed by atoms with E-state index in [-0.39, 0.29) is 27.6 Å². The third-order valence-electron chi connectivity index (χ3n) is 1.92. The van der Waals surface area contributed by atoms with Crippen molar-refractivity contribution in [2.24, 2.45) is 0 Å². The van der Waals surface area contributed by atoms with Crippen LogP contribution in [0.15, 0.2) is 12.1 Å². The van der Waals surface area contributed by atoms with Crippen LogP contribution in [0.3, 0.4) is 0 Å². The monoisotopic (exact) mass is 262 g/mol. The zero-order valence-corrected chi connectivity index (χ0v) is 9.80. The predicted octanol–water partition coefficient (Wildman–Crippen LogP) is 2.41. The molecule has 0 unspecified atom stereocenters. The number of benzene rings is 1. The van der Waals surface area contributed by atoms with E-state index in [1.54, 1.807) is 0 Å². The van der Waals surface area contributed by atoms with Crippen LogP contribution in [0.1, 0.15) is 15.9 Å². The van der Waals surface area contributed by atoms with Gasteiger partial charge in [0.2, 0.25) is 0 Å². The van der Waals surface area contributed by atoms with Crippen molar-refractivity contribution < 1.29 is 19.4 Å². The molecule has 4 nitrogen and oxygen atoms in total. The minimum Gasteiger partial charge on any atom is -0.481 e. The summed E-state index contributed by atoms with van der Waals surface area (Å²) in [5.74, 6) is -1.71. The number of hydrogen-bond donors (Lipinski definition) is 1. The molecule has 0 spiro atoms. The molecule has 0 fully saturated rings. The van der Waals surface area contributed by atoms with Crippen LogP contribution in [-0.4, -0.2) is 24.2 Å². The number of carboxylic acid groups (broad SMARTS) is 1. The van der Waals surface area contributed by atoms with Gasteiger partial charge in [0, 0.05) is 10.6 Å². The molecule has 0 saturated heterocycles. The van der Waals surface area contributed by atoms with Gasteiger partial charge in [-0.1, -0.05) is 23.2 Å². The van der Waals surface area contributed by atoms with E-state index < -0.39 is 11.9 Å². The van der Waals surface area contributed by atoms with Crippen LogP contribution in [0, 0.1) is 0 Å². The molecule has 0 aliphatic carbocycles. The van der Waals surface area contributed by atoms with Crippen molar-refractivity contribution in [2.45, 2.75) is 6.42 Å². The maximum atomic E-state index is 11.3. The summed E-state index contributed by atoms with van der Waals surface area (Å²) < 4.78 is 4.50. The highest BCUT2D eigenvalue weighted by molar-refractivity contribution is 6.38. The lowest BCUT2D eigenvalue weighted by Crippen LogP contribution is -2.07.